The van der Waals surface area contributed by atoms with Crippen LogP contribution in [0.4, 0.5) is 0 Å². The van der Waals surface area contributed by atoms with Gasteiger partial charge in [0.05, 0.1) is 0 Å². The molecule has 98 valence electrons. The summed E-state index contributed by atoms with van der Waals surface area (Å²) in [6.07, 6.45) is 8.16. The molecule has 3 unspecified atom stereocenters. The van der Waals surface area contributed by atoms with Gasteiger partial charge >= 0.3 is 0 Å². The summed E-state index contributed by atoms with van der Waals surface area (Å²) in [5.74, 6) is 2.95. The molecule has 1 saturated carbocycles. The number of thioether (sulfide) groups is 1. The van der Waals surface area contributed by atoms with Gasteiger partial charge in [0, 0.05) is 18.3 Å². The number of rotatable bonds is 3. The zero-order chi connectivity index (χ0) is 12.1. The third-order valence-electron chi connectivity index (χ3n) is 4.28. The minimum atomic E-state index is 0.666. The Morgan fingerprint density at radius 2 is 2.12 bits per heavy atom. The number of hydrogen-bond acceptors (Lipinski definition) is 2. The van der Waals surface area contributed by atoms with E-state index in [1.54, 1.807) is 0 Å². The van der Waals surface area contributed by atoms with Crippen molar-refractivity contribution in [3.8, 4) is 0 Å². The lowest BCUT2D eigenvalue weighted by atomic mass is 9.80. The fourth-order valence-corrected chi connectivity index (χ4v) is 3.86. The highest BCUT2D eigenvalue weighted by atomic mass is 32.2. The first-order valence-electron chi connectivity index (χ1n) is 7.23. The van der Waals surface area contributed by atoms with Gasteiger partial charge in [-0.3, -0.25) is 4.99 Å². The second kappa shape index (κ2) is 6.67. The van der Waals surface area contributed by atoms with Crippen LogP contribution < -0.4 is 5.32 Å². The first-order valence-corrected chi connectivity index (χ1v) is 8.22. The Kier molecular flexibility index (Phi) is 5.20. The van der Waals surface area contributed by atoms with E-state index in [1.807, 2.05) is 11.8 Å². The van der Waals surface area contributed by atoms with Gasteiger partial charge in [-0.15, -0.1) is 0 Å². The largest absolute Gasteiger partial charge is 0.362 e. The summed E-state index contributed by atoms with van der Waals surface area (Å²) in [7, 11) is 0. The van der Waals surface area contributed by atoms with E-state index in [0.29, 0.717) is 6.04 Å². The number of nitrogens with zero attached hydrogens (tertiary/aromatic N) is 1. The second-order valence-corrected chi connectivity index (χ2v) is 6.64. The van der Waals surface area contributed by atoms with Crippen LogP contribution in [0.25, 0.3) is 0 Å². The molecule has 1 aliphatic carbocycles. The third-order valence-corrected chi connectivity index (χ3v) is 5.24. The summed E-state index contributed by atoms with van der Waals surface area (Å²) < 4.78 is 0. The van der Waals surface area contributed by atoms with E-state index in [2.05, 4.69) is 19.2 Å². The maximum atomic E-state index is 4.82. The molecule has 0 spiro atoms. The first kappa shape index (κ1) is 13.3. The van der Waals surface area contributed by atoms with Gasteiger partial charge in [0.1, 0.15) is 0 Å². The lowest BCUT2D eigenvalue weighted by Crippen LogP contribution is -2.37. The Labute approximate surface area is 110 Å². The van der Waals surface area contributed by atoms with Gasteiger partial charge in [0.15, 0.2) is 5.17 Å². The molecule has 1 aliphatic heterocycles. The minimum absolute atomic E-state index is 0.666. The molecule has 1 heterocycles. The topological polar surface area (TPSA) is 24.4 Å². The summed E-state index contributed by atoms with van der Waals surface area (Å²) in [5, 5.41) is 4.78. The van der Waals surface area contributed by atoms with E-state index < -0.39 is 0 Å². The highest BCUT2D eigenvalue weighted by Gasteiger charge is 2.21. The molecule has 3 heteroatoms. The molecule has 2 rings (SSSR count). The molecule has 0 amide bonds. The van der Waals surface area contributed by atoms with Gasteiger partial charge in [0.2, 0.25) is 0 Å². The average molecular weight is 254 g/mol. The predicted molar refractivity (Wildman–Crippen MR) is 77.7 cm³/mol. The SMILES string of the molecule is CCC1CCSC(=NCC2CCCCC2C)N1. The number of hydrogen-bond donors (Lipinski definition) is 1. The van der Waals surface area contributed by atoms with Gasteiger partial charge in [-0.05, 0) is 31.1 Å². The van der Waals surface area contributed by atoms with Crippen LogP contribution in [0.5, 0.6) is 0 Å². The predicted octanol–water partition coefficient (Wildman–Crippen LogP) is 3.67. The van der Waals surface area contributed by atoms with Crippen molar-refractivity contribution in [2.24, 2.45) is 16.8 Å². The second-order valence-electron chi connectivity index (χ2n) is 5.55. The summed E-state index contributed by atoms with van der Waals surface area (Å²) in [4.78, 5) is 4.82. The van der Waals surface area contributed by atoms with Crippen molar-refractivity contribution in [3.63, 3.8) is 0 Å². The molecule has 0 aromatic heterocycles. The standard InChI is InChI=1S/C14H26N2S/c1-3-13-8-9-17-14(16-13)15-10-12-7-5-4-6-11(12)2/h11-13H,3-10H2,1-2H3,(H,15,16). The van der Waals surface area contributed by atoms with Gasteiger partial charge in [-0.1, -0.05) is 44.9 Å². The molecule has 17 heavy (non-hydrogen) atoms. The van der Waals surface area contributed by atoms with Crippen LogP contribution in [0.1, 0.15) is 52.4 Å². The van der Waals surface area contributed by atoms with E-state index in [1.165, 1.54) is 49.4 Å². The van der Waals surface area contributed by atoms with Crippen molar-refractivity contribution < 1.29 is 0 Å². The van der Waals surface area contributed by atoms with Crippen LogP contribution in [0.3, 0.4) is 0 Å². The molecule has 0 aromatic carbocycles. The van der Waals surface area contributed by atoms with Crippen molar-refractivity contribution in [2.75, 3.05) is 12.3 Å². The highest BCUT2D eigenvalue weighted by molar-refractivity contribution is 8.13. The van der Waals surface area contributed by atoms with Crippen molar-refractivity contribution in [3.05, 3.63) is 0 Å². The van der Waals surface area contributed by atoms with Gasteiger partial charge < -0.3 is 5.32 Å². The summed E-state index contributed by atoms with van der Waals surface area (Å²) in [6, 6.07) is 0.666. The molecule has 0 aromatic rings. The lowest BCUT2D eigenvalue weighted by Gasteiger charge is -2.28. The molecule has 1 saturated heterocycles. The fourth-order valence-electron chi connectivity index (χ4n) is 2.85. The third kappa shape index (κ3) is 3.90. The van der Waals surface area contributed by atoms with Crippen LogP contribution in [0.15, 0.2) is 4.99 Å². The summed E-state index contributed by atoms with van der Waals surface area (Å²) >= 11 is 1.91. The Bertz CT molecular complexity index is 265. The normalized spacial score (nSPS) is 36.8. The van der Waals surface area contributed by atoms with Crippen LogP contribution in [0.2, 0.25) is 0 Å². The quantitative estimate of drug-likeness (QED) is 0.831. The van der Waals surface area contributed by atoms with Crippen molar-refractivity contribution in [1.29, 1.82) is 0 Å². The molecular formula is C14H26N2S. The maximum absolute atomic E-state index is 4.82. The van der Waals surface area contributed by atoms with Gasteiger partial charge in [0.25, 0.3) is 0 Å². The number of aliphatic imine (C=N–C) groups is 1. The van der Waals surface area contributed by atoms with E-state index in [9.17, 15) is 0 Å². The summed E-state index contributed by atoms with van der Waals surface area (Å²) in [6.45, 7) is 5.71. The van der Waals surface area contributed by atoms with E-state index >= 15 is 0 Å². The van der Waals surface area contributed by atoms with Gasteiger partial charge in [-0.25, -0.2) is 0 Å². The fraction of sp³-hybridized carbons (Fsp3) is 0.929. The molecule has 2 aliphatic rings. The Hall–Kier alpha value is -0.180. The first-order chi connectivity index (χ1) is 8.29. The van der Waals surface area contributed by atoms with Crippen LogP contribution in [0, 0.1) is 11.8 Å². The molecule has 0 bridgehead atoms. The van der Waals surface area contributed by atoms with Gasteiger partial charge in [-0.2, -0.15) is 0 Å². The Morgan fingerprint density at radius 3 is 2.88 bits per heavy atom. The molecule has 0 radical (unpaired) electrons. The van der Waals surface area contributed by atoms with Crippen molar-refractivity contribution in [1.82, 2.24) is 5.32 Å². The van der Waals surface area contributed by atoms with Crippen LogP contribution >= 0.6 is 11.8 Å². The van der Waals surface area contributed by atoms with E-state index in [0.717, 1.165) is 18.4 Å². The monoisotopic (exact) mass is 254 g/mol. The van der Waals surface area contributed by atoms with E-state index in [4.69, 9.17) is 4.99 Å². The molecule has 3 atom stereocenters. The highest BCUT2D eigenvalue weighted by Crippen LogP contribution is 2.30. The van der Waals surface area contributed by atoms with Crippen molar-refractivity contribution in [2.45, 2.75) is 58.4 Å². The zero-order valence-corrected chi connectivity index (χ0v) is 12.1. The minimum Gasteiger partial charge on any atom is -0.362 e. The number of nitrogens with one attached hydrogen (secondary N) is 1. The molecule has 2 nitrogen and oxygen atoms in total. The maximum Gasteiger partial charge on any atom is 0.156 e. The molecular weight excluding hydrogens is 228 g/mol. The lowest BCUT2D eigenvalue weighted by molar-refractivity contribution is 0.264. The van der Waals surface area contributed by atoms with Crippen LogP contribution in [-0.2, 0) is 0 Å². The Balaban J connectivity index is 1.82. The number of amidine groups is 1. The zero-order valence-electron chi connectivity index (χ0n) is 11.2. The average Bonchev–Trinajstić information content (AvgIpc) is 2.38. The summed E-state index contributed by atoms with van der Waals surface area (Å²) in [5.41, 5.74) is 0. The smallest absolute Gasteiger partial charge is 0.156 e. The molecule has 1 N–H and O–H groups in total. The van der Waals surface area contributed by atoms with Crippen LogP contribution in [-0.4, -0.2) is 23.5 Å². The van der Waals surface area contributed by atoms with E-state index in [-0.39, 0.29) is 0 Å². The van der Waals surface area contributed by atoms with Crippen molar-refractivity contribution >= 4 is 16.9 Å². The molecule has 2 fully saturated rings. The Morgan fingerprint density at radius 1 is 1.29 bits per heavy atom.